The Kier molecular flexibility index (Phi) is 5.30. The highest BCUT2D eigenvalue weighted by Gasteiger charge is 2.10. The summed E-state index contributed by atoms with van der Waals surface area (Å²) in [6, 6.07) is 0. The summed E-state index contributed by atoms with van der Waals surface area (Å²) in [4.78, 5) is 16.1. The van der Waals surface area contributed by atoms with Crippen molar-refractivity contribution in [1.29, 1.82) is 0 Å². The van der Waals surface area contributed by atoms with Gasteiger partial charge in [-0.3, -0.25) is 4.79 Å². The first-order chi connectivity index (χ1) is 8.04. The number of amides is 1. The summed E-state index contributed by atoms with van der Waals surface area (Å²) in [5.41, 5.74) is 7.47. The van der Waals surface area contributed by atoms with Crippen LogP contribution in [0.15, 0.2) is 11.1 Å². The van der Waals surface area contributed by atoms with Gasteiger partial charge in [0.2, 0.25) is 5.91 Å². The minimum atomic E-state index is -0.0447. The van der Waals surface area contributed by atoms with E-state index in [1.165, 1.54) is 30.0 Å². The lowest BCUT2D eigenvalue weighted by Crippen LogP contribution is -2.19. The van der Waals surface area contributed by atoms with Crippen LogP contribution in [0.4, 0.5) is 5.13 Å². The first-order valence-corrected chi connectivity index (χ1v) is 6.88. The molecular weight excluding hydrogens is 256 g/mol. The molecule has 1 amide bonds. The molecule has 0 fully saturated rings. The molecule has 0 aliphatic carbocycles. The smallest absolute Gasteiger partial charge is 0.217 e. The Bertz CT molecular complexity index is 428. The minimum absolute atomic E-state index is 0.0447. The summed E-state index contributed by atoms with van der Waals surface area (Å²) in [5, 5.41) is 8.27. The molecular formula is C10H16N4OS2. The van der Waals surface area contributed by atoms with Crippen LogP contribution in [0, 0.1) is 0 Å². The molecule has 0 saturated carbocycles. The van der Waals surface area contributed by atoms with Gasteiger partial charge in [0.05, 0.1) is 16.5 Å². The lowest BCUT2D eigenvalue weighted by molar-refractivity contribution is -0.118. The molecule has 1 rings (SSSR count). The van der Waals surface area contributed by atoms with E-state index < -0.39 is 0 Å². The number of hydrogen-bond acceptors (Lipinski definition) is 6. The Morgan fingerprint density at radius 1 is 1.59 bits per heavy atom. The summed E-state index contributed by atoms with van der Waals surface area (Å²) >= 11 is 2.93. The monoisotopic (exact) mass is 272 g/mol. The summed E-state index contributed by atoms with van der Waals surface area (Å²) in [6.45, 7) is 3.46. The Morgan fingerprint density at radius 3 is 2.76 bits per heavy atom. The molecule has 0 atom stereocenters. The van der Waals surface area contributed by atoms with Crippen LogP contribution in [0.25, 0.3) is 4.91 Å². The molecule has 0 aromatic carbocycles. The number of nitrogens with one attached hydrogen (secondary N) is 2. The van der Waals surface area contributed by atoms with Crippen molar-refractivity contribution in [1.82, 2.24) is 15.6 Å². The van der Waals surface area contributed by atoms with Gasteiger partial charge in [0.1, 0.15) is 0 Å². The third-order valence-electron chi connectivity index (χ3n) is 2.01. The first kappa shape index (κ1) is 13.9. The molecule has 1 heterocycles. The number of nitrogens with zero attached hydrogens (tertiary/aromatic N) is 1. The van der Waals surface area contributed by atoms with Crippen LogP contribution in [-0.2, 0) is 4.79 Å². The van der Waals surface area contributed by atoms with Gasteiger partial charge in [-0.1, -0.05) is 0 Å². The highest BCUT2D eigenvalue weighted by molar-refractivity contribution is 8.08. The fourth-order valence-electron chi connectivity index (χ4n) is 1.09. The van der Waals surface area contributed by atoms with Crippen LogP contribution in [0.3, 0.4) is 0 Å². The van der Waals surface area contributed by atoms with E-state index in [1.54, 1.807) is 0 Å². The zero-order valence-corrected chi connectivity index (χ0v) is 11.7. The van der Waals surface area contributed by atoms with Crippen molar-refractivity contribution in [2.45, 2.75) is 13.8 Å². The fraction of sp³-hybridized carbons (Fsp3) is 0.400. The number of nitrogens with two attached hydrogens (primary N) is 1. The average molecular weight is 272 g/mol. The molecule has 1 aromatic heterocycles. The minimum Gasteiger partial charge on any atom is -0.391 e. The molecule has 0 aliphatic heterocycles. The molecule has 7 heteroatoms. The van der Waals surface area contributed by atoms with Crippen molar-refractivity contribution in [3.8, 4) is 0 Å². The second kappa shape index (κ2) is 6.51. The van der Waals surface area contributed by atoms with Crippen LogP contribution < -0.4 is 16.4 Å². The van der Waals surface area contributed by atoms with Gasteiger partial charge >= 0.3 is 0 Å². The molecule has 0 bridgehead atoms. The normalized spacial score (nSPS) is 11.9. The van der Waals surface area contributed by atoms with Crippen molar-refractivity contribution in [3.63, 3.8) is 0 Å². The van der Waals surface area contributed by atoms with E-state index in [4.69, 9.17) is 5.73 Å². The van der Waals surface area contributed by atoms with E-state index in [0.717, 1.165) is 16.3 Å². The predicted octanol–water partition coefficient (Wildman–Crippen LogP) is 1.46. The zero-order chi connectivity index (χ0) is 12.8. The Labute approximate surface area is 109 Å². The van der Waals surface area contributed by atoms with Crippen LogP contribution >= 0.6 is 23.1 Å². The van der Waals surface area contributed by atoms with Gasteiger partial charge in [-0.25, -0.2) is 4.98 Å². The van der Waals surface area contributed by atoms with Crippen molar-refractivity contribution in [2.75, 3.05) is 18.7 Å². The second-order valence-corrected chi connectivity index (χ2v) is 5.17. The lowest BCUT2D eigenvalue weighted by atomic mass is 10.3. The van der Waals surface area contributed by atoms with Crippen LogP contribution in [0.1, 0.15) is 19.5 Å². The molecule has 5 nitrogen and oxygen atoms in total. The molecule has 1 aromatic rings. The van der Waals surface area contributed by atoms with E-state index in [0.29, 0.717) is 11.0 Å². The SMILES string of the molecule is CN/C(C)=C(\SCNC(C)=O)c1csc(N)n1. The summed E-state index contributed by atoms with van der Waals surface area (Å²) in [5.74, 6) is 0.470. The van der Waals surface area contributed by atoms with E-state index in [9.17, 15) is 4.79 Å². The maximum atomic E-state index is 10.8. The van der Waals surface area contributed by atoms with Gasteiger partial charge in [-0.05, 0) is 6.92 Å². The molecule has 0 unspecified atom stereocenters. The summed E-state index contributed by atoms with van der Waals surface area (Å²) < 4.78 is 0. The molecule has 4 N–H and O–H groups in total. The van der Waals surface area contributed by atoms with Crippen molar-refractivity contribution in [3.05, 3.63) is 16.8 Å². The van der Waals surface area contributed by atoms with Crippen LogP contribution in [-0.4, -0.2) is 23.8 Å². The third kappa shape index (κ3) is 4.27. The van der Waals surface area contributed by atoms with Crippen molar-refractivity contribution < 1.29 is 4.79 Å². The van der Waals surface area contributed by atoms with E-state index in [2.05, 4.69) is 15.6 Å². The molecule has 0 radical (unpaired) electrons. The number of nitrogen functional groups attached to an aromatic ring is 1. The Hall–Kier alpha value is -1.21. The standard InChI is InChI=1S/C10H16N4OS2/c1-6(12-3)9(17-5-13-7(2)15)8-4-16-10(11)14-8/h4,12H,5H2,1-3H3,(H2,11,14)(H,13,15)/b9-6-. The highest BCUT2D eigenvalue weighted by Crippen LogP contribution is 2.30. The van der Waals surface area contributed by atoms with Gasteiger partial charge < -0.3 is 16.4 Å². The van der Waals surface area contributed by atoms with E-state index in [1.807, 2.05) is 19.4 Å². The lowest BCUT2D eigenvalue weighted by Gasteiger charge is -2.09. The van der Waals surface area contributed by atoms with Gasteiger partial charge in [-0.15, -0.1) is 23.1 Å². The number of anilines is 1. The fourth-order valence-corrected chi connectivity index (χ4v) is 2.71. The van der Waals surface area contributed by atoms with Gasteiger partial charge in [-0.2, -0.15) is 0 Å². The van der Waals surface area contributed by atoms with Gasteiger partial charge in [0, 0.05) is 25.0 Å². The number of thiazole rings is 1. The van der Waals surface area contributed by atoms with Crippen LogP contribution in [0.2, 0.25) is 0 Å². The number of allylic oxidation sites excluding steroid dienone is 1. The van der Waals surface area contributed by atoms with Gasteiger partial charge in [0.25, 0.3) is 0 Å². The van der Waals surface area contributed by atoms with Crippen molar-refractivity contribution >= 4 is 39.0 Å². The largest absolute Gasteiger partial charge is 0.391 e. The zero-order valence-electron chi connectivity index (χ0n) is 10.0. The summed E-state index contributed by atoms with van der Waals surface area (Å²) in [7, 11) is 1.85. The first-order valence-electron chi connectivity index (χ1n) is 5.01. The molecule has 94 valence electrons. The quantitative estimate of drug-likeness (QED) is 0.707. The maximum Gasteiger partial charge on any atom is 0.217 e. The number of carbonyl (C=O) groups is 1. The Balaban J connectivity index is 2.79. The number of carbonyl (C=O) groups excluding carboxylic acids is 1. The molecule has 0 saturated heterocycles. The van der Waals surface area contributed by atoms with E-state index >= 15 is 0 Å². The topological polar surface area (TPSA) is 80.0 Å². The Morgan fingerprint density at radius 2 is 2.29 bits per heavy atom. The van der Waals surface area contributed by atoms with Crippen molar-refractivity contribution in [2.24, 2.45) is 0 Å². The van der Waals surface area contributed by atoms with Crippen LogP contribution in [0.5, 0.6) is 0 Å². The number of thioether (sulfide) groups is 1. The second-order valence-electron chi connectivity index (χ2n) is 3.30. The number of hydrogen-bond donors (Lipinski definition) is 3. The average Bonchev–Trinajstić information content (AvgIpc) is 2.69. The van der Waals surface area contributed by atoms with Gasteiger partial charge in [0.15, 0.2) is 5.13 Å². The predicted molar refractivity (Wildman–Crippen MR) is 74.5 cm³/mol. The number of aromatic nitrogens is 1. The highest BCUT2D eigenvalue weighted by atomic mass is 32.2. The number of rotatable bonds is 5. The van der Waals surface area contributed by atoms with E-state index in [-0.39, 0.29) is 5.91 Å². The molecule has 0 aliphatic rings. The molecule has 17 heavy (non-hydrogen) atoms. The molecule has 0 spiro atoms. The third-order valence-corrected chi connectivity index (χ3v) is 3.77. The maximum absolute atomic E-state index is 10.8. The summed E-state index contributed by atoms with van der Waals surface area (Å²) in [6.07, 6.45) is 0.